The summed E-state index contributed by atoms with van der Waals surface area (Å²) in [4.78, 5) is 2.18. The van der Waals surface area contributed by atoms with Crippen molar-refractivity contribution in [1.29, 1.82) is 0 Å². The molecule has 0 aliphatic carbocycles. The summed E-state index contributed by atoms with van der Waals surface area (Å²) in [5.41, 5.74) is 1.29. The highest BCUT2D eigenvalue weighted by atomic mass is 16.5. The normalized spacial score (nSPS) is 10.6. The number of ether oxygens (including phenoxy) is 1. The predicted octanol–water partition coefficient (Wildman–Crippen LogP) is 2.19. The molecule has 0 aromatic heterocycles. The van der Waals surface area contributed by atoms with Gasteiger partial charge in [0, 0.05) is 6.54 Å². The number of hydrogen-bond acceptors (Lipinski definition) is 2. The molecule has 0 unspecified atom stereocenters. The van der Waals surface area contributed by atoms with Gasteiger partial charge in [0.15, 0.2) is 0 Å². The van der Waals surface area contributed by atoms with E-state index in [2.05, 4.69) is 31.1 Å². The van der Waals surface area contributed by atoms with Crippen molar-refractivity contribution in [3.8, 4) is 5.75 Å². The molecule has 0 aliphatic heterocycles. The molecule has 0 bridgehead atoms. The third-order valence-corrected chi connectivity index (χ3v) is 2.10. The molecule has 0 heterocycles. The summed E-state index contributed by atoms with van der Waals surface area (Å²) >= 11 is 0. The second-order valence-corrected chi connectivity index (χ2v) is 3.59. The SMILES string of the molecule is CCOc1ccccc1CCN(C)C. The zero-order valence-corrected chi connectivity index (χ0v) is 9.29. The third-order valence-electron chi connectivity index (χ3n) is 2.10. The summed E-state index contributed by atoms with van der Waals surface area (Å²) in [5.74, 6) is 1.02. The van der Waals surface area contributed by atoms with Crippen LogP contribution >= 0.6 is 0 Å². The first-order chi connectivity index (χ1) is 6.74. The summed E-state index contributed by atoms with van der Waals surface area (Å²) in [5, 5.41) is 0. The molecule has 0 atom stereocenters. The van der Waals surface area contributed by atoms with Crippen LogP contribution in [0.4, 0.5) is 0 Å². The van der Waals surface area contributed by atoms with Gasteiger partial charge in [-0.15, -0.1) is 0 Å². The maximum absolute atomic E-state index is 5.55. The minimum absolute atomic E-state index is 0.735. The van der Waals surface area contributed by atoms with E-state index in [0.717, 1.165) is 25.3 Å². The highest BCUT2D eigenvalue weighted by molar-refractivity contribution is 5.33. The Bertz CT molecular complexity index is 271. The summed E-state index contributed by atoms with van der Waals surface area (Å²) < 4.78 is 5.55. The lowest BCUT2D eigenvalue weighted by Gasteiger charge is -2.12. The van der Waals surface area contributed by atoms with Crippen LogP contribution in [0.15, 0.2) is 24.3 Å². The van der Waals surface area contributed by atoms with Crippen LogP contribution in [-0.4, -0.2) is 32.1 Å². The maximum Gasteiger partial charge on any atom is 0.122 e. The van der Waals surface area contributed by atoms with Gasteiger partial charge >= 0.3 is 0 Å². The number of para-hydroxylation sites is 1. The van der Waals surface area contributed by atoms with Crippen LogP contribution in [0.1, 0.15) is 12.5 Å². The molecule has 0 radical (unpaired) electrons. The Morgan fingerprint density at radius 3 is 2.57 bits per heavy atom. The molecule has 1 rings (SSSR count). The van der Waals surface area contributed by atoms with Gasteiger partial charge in [-0.05, 0) is 39.1 Å². The second-order valence-electron chi connectivity index (χ2n) is 3.59. The number of hydrogen-bond donors (Lipinski definition) is 0. The van der Waals surface area contributed by atoms with Gasteiger partial charge < -0.3 is 9.64 Å². The summed E-state index contributed by atoms with van der Waals surface area (Å²) in [7, 11) is 4.17. The van der Waals surface area contributed by atoms with Crippen LogP contribution in [-0.2, 0) is 6.42 Å². The molecule has 1 aromatic rings. The highest BCUT2D eigenvalue weighted by Crippen LogP contribution is 2.18. The number of benzene rings is 1. The average molecular weight is 193 g/mol. The first kappa shape index (κ1) is 11.1. The molecule has 2 nitrogen and oxygen atoms in total. The van der Waals surface area contributed by atoms with Crippen molar-refractivity contribution < 1.29 is 4.74 Å². The number of likely N-dealkylation sites (N-methyl/N-ethyl adjacent to an activating group) is 1. The molecule has 0 saturated heterocycles. The summed E-state index contributed by atoms with van der Waals surface area (Å²) in [6, 6.07) is 8.25. The monoisotopic (exact) mass is 193 g/mol. The van der Waals surface area contributed by atoms with E-state index in [4.69, 9.17) is 4.74 Å². The van der Waals surface area contributed by atoms with Crippen LogP contribution in [0.25, 0.3) is 0 Å². The van der Waals surface area contributed by atoms with Gasteiger partial charge in [0.1, 0.15) is 5.75 Å². The van der Waals surface area contributed by atoms with Crippen molar-refractivity contribution in [2.24, 2.45) is 0 Å². The van der Waals surface area contributed by atoms with Crippen LogP contribution in [0, 0.1) is 0 Å². The lowest BCUT2D eigenvalue weighted by Crippen LogP contribution is -2.15. The van der Waals surface area contributed by atoms with Gasteiger partial charge in [0.05, 0.1) is 6.61 Å². The zero-order chi connectivity index (χ0) is 10.4. The van der Waals surface area contributed by atoms with Crippen molar-refractivity contribution in [3.05, 3.63) is 29.8 Å². The molecular formula is C12H19NO. The molecule has 0 fully saturated rings. The maximum atomic E-state index is 5.55. The van der Waals surface area contributed by atoms with Crippen molar-refractivity contribution in [2.75, 3.05) is 27.2 Å². The van der Waals surface area contributed by atoms with E-state index >= 15 is 0 Å². The second kappa shape index (κ2) is 5.66. The Morgan fingerprint density at radius 2 is 1.93 bits per heavy atom. The van der Waals surface area contributed by atoms with Crippen molar-refractivity contribution in [1.82, 2.24) is 4.90 Å². The van der Waals surface area contributed by atoms with E-state index in [-0.39, 0.29) is 0 Å². The van der Waals surface area contributed by atoms with Gasteiger partial charge in [-0.2, -0.15) is 0 Å². The smallest absolute Gasteiger partial charge is 0.122 e. The lowest BCUT2D eigenvalue weighted by molar-refractivity contribution is 0.333. The molecular weight excluding hydrogens is 174 g/mol. The topological polar surface area (TPSA) is 12.5 Å². The van der Waals surface area contributed by atoms with E-state index in [1.807, 2.05) is 19.1 Å². The van der Waals surface area contributed by atoms with Gasteiger partial charge in [-0.25, -0.2) is 0 Å². The number of rotatable bonds is 5. The Morgan fingerprint density at radius 1 is 1.21 bits per heavy atom. The van der Waals surface area contributed by atoms with E-state index in [9.17, 15) is 0 Å². The Labute approximate surface area is 86.5 Å². The fourth-order valence-electron chi connectivity index (χ4n) is 1.35. The van der Waals surface area contributed by atoms with Crippen molar-refractivity contribution >= 4 is 0 Å². The van der Waals surface area contributed by atoms with E-state index in [0.29, 0.717) is 0 Å². The van der Waals surface area contributed by atoms with E-state index in [1.54, 1.807) is 0 Å². The largest absolute Gasteiger partial charge is 0.494 e. The van der Waals surface area contributed by atoms with Gasteiger partial charge in [-0.1, -0.05) is 18.2 Å². The fourth-order valence-corrected chi connectivity index (χ4v) is 1.35. The standard InChI is InChI=1S/C12H19NO/c1-4-14-12-8-6-5-7-11(12)9-10-13(2)3/h5-8H,4,9-10H2,1-3H3. The van der Waals surface area contributed by atoms with Crippen molar-refractivity contribution in [2.45, 2.75) is 13.3 Å². The minimum atomic E-state index is 0.735. The molecule has 0 spiro atoms. The zero-order valence-electron chi connectivity index (χ0n) is 9.29. The van der Waals surface area contributed by atoms with Crippen LogP contribution in [0.3, 0.4) is 0 Å². The quantitative estimate of drug-likeness (QED) is 0.710. The molecule has 0 N–H and O–H groups in total. The molecule has 2 heteroatoms. The summed E-state index contributed by atoms with van der Waals surface area (Å²) in [6.45, 7) is 3.81. The Balaban J connectivity index is 2.64. The third kappa shape index (κ3) is 3.38. The Kier molecular flexibility index (Phi) is 4.47. The molecule has 78 valence electrons. The first-order valence-corrected chi connectivity index (χ1v) is 5.09. The van der Waals surface area contributed by atoms with Crippen LogP contribution in [0.5, 0.6) is 5.75 Å². The number of nitrogens with zero attached hydrogens (tertiary/aromatic N) is 1. The van der Waals surface area contributed by atoms with E-state index < -0.39 is 0 Å². The molecule has 1 aromatic carbocycles. The Hall–Kier alpha value is -1.02. The highest BCUT2D eigenvalue weighted by Gasteiger charge is 2.01. The molecule has 0 saturated carbocycles. The summed E-state index contributed by atoms with van der Waals surface area (Å²) in [6.07, 6.45) is 1.04. The van der Waals surface area contributed by atoms with Gasteiger partial charge in [0.2, 0.25) is 0 Å². The molecule has 0 aliphatic rings. The molecule has 0 amide bonds. The van der Waals surface area contributed by atoms with E-state index in [1.165, 1.54) is 5.56 Å². The van der Waals surface area contributed by atoms with Crippen molar-refractivity contribution in [3.63, 3.8) is 0 Å². The van der Waals surface area contributed by atoms with Gasteiger partial charge in [-0.3, -0.25) is 0 Å². The van der Waals surface area contributed by atoms with Crippen LogP contribution < -0.4 is 4.74 Å². The minimum Gasteiger partial charge on any atom is -0.494 e. The van der Waals surface area contributed by atoms with Gasteiger partial charge in [0.25, 0.3) is 0 Å². The lowest BCUT2D eigenvalue weighted by atomic mass is 10.1. The average Bonchev–Trinajstić information content (AvgIpc) is 2.17. The molecule has 14 heavy (non-hydrogen) atoms. The predicted molar refractivity (Wildman–Crippen MR) is 59.9 cm³/mol. The fraction of sp³-hybridized carbons (Fsp3) is 0.500. The van der Waals surface area contributed by atoms with Crippen LogP contribution in [0.2, 0.25) is 0 Å². The first-order valence-electron chi connectivity index (χ1n) is 5.09.